The predicted molar refractivity (Wildman–Crippen MR) is 407 cm³/mol. The predicted octanol–water partition coefficient (Wildman–Crippen LogP) is 24.7. The molecule has 16 aromatic carbocycles. The van der Waals surface area contributed by atoms with E-state index in [0.29, 0.717) is 0 Å². The monoisotopic (exact) mass is 1230 g/mol. The summed E-state index contributed by atoms with van der Waals surface area (Å²) >= 11 is 0. The van der Waals surface area contributed by atoms with Crippen LogP contribution in [0.1, 0.15) is 6.85 Å². The lowest BCUT2D eigenvalue weighted by molar-refractivity contribution is 1.18. The fraction of sp³-hybridized carbons (Fsp3) is 0. The Morgan fingerprint density at radius 1 is 0.167 bits per heavy atom. The smallest absolute Gasteiger partial charge is 0.0645 e. The van der Waals surface area contributed by atoms with Crippen LogP contribution in [0.5, 0.6) is 0 Å². The van der Waals surface area contributed by atoms with Crippen LogP contribution in [0.2, 0.25) is 0 Å². The molecule has 4 aromatic heterocycles. The first-order valence-corrected chi connectivity index (χ1v) is 32.6. The number of nitrogens with zero attached hydrogens (tertiary/aromatic N) is 4. The molecule has 0 N–H and O–H groups in total. The molecule has 0 saturated heterocycles. The second-order valence-corrected chi connectivity index (χ2v) is 24.9. The second kappa shape index (κ2) is 22.5. The Hall–Kier alpha value is -12.8. The lowest BCUT2D eigenvalue weighted by atomic mass is 9.98. The summed E-state index contributed by atoms with van der Waals surface area (Å²) in [6.45, 7) is 0. The minimum absolute atomic E-state index is 0.150. The van der Waals surface area contributed by atoms with E-state index >= 15 is 0 Å². The molecule has 0 aliphatic rings. The quantitative estimate of drug-likeness (QED) is 0.144. The van der Waals surface area contributed by atoms with Gasteiger partial charge in [-0.2, -0.15) is 0 Å². The molecular formula is C92H60N4. The second-order valence-electron chi connectivity index (χ2n) is 24.9. The van der Waals surface area contributed by atoms with E-state index in [2.05, 4.69) is 311 Å². The SMILES string of the molecule is [2H]c1c([2H])c([2H])c(-n2c3ccccc3c3cc(-c4ccc(-c5ccc6c(c5)c5ccccc5n6-c5ccc6ccccc6c5)cc4)ccc32)c([2H])c1[2H].c1ccc(-n2c3ccccc3c3ccc(-c4ccc(-c5ccc6c(c5)c5ccccc5n6-c5ccc6ccccc6c5)cc4)cc32)cc1. The van der Waals surface area contributed by atoms with Crippen LogP contribution >= 0.6 is 0 Å². The van der Waals surface area contributed by atoms with Gasteiger partial charge >= 0.3 is 0 Å². The topological polar surface area (TPSA) is 19.7 Å². The Kier molecular flexibility index (Phi) is 11.7. The van der Waals surface area contributed by atoms with Crippen molar-refractivity contribution in [1.82, 2.24) is 18.3 Å². The van der Waals surface area contributed by atoms with Crippen molar-refractivity contribution >= 4 is 109 Å². The number of para-hydroxylation sites is 6. The molecule has 20 rings (SSSR count). The van der Waals surface area contributed by atoms with Gasteiger partial charge in [-0.1, -0.05) is 249 Å². The molecule has 4 heterocycles. The highest BCUT2D eigenvalue weighted by Gasteiger charge is 2.19. The van der Waals surface area contributed by atoms with Crippen LogP contribution in [-0.4, -0.2) is 18.3 Å². The number of fused-ring (bicyclic) bond motifs is 14. The third-order valence-corrected chi connectivity index (χ3v) is 19.5. The Bertz CT molecular complexity index is 6730. The van der Waals surface area contributed by atoms with Gasteiger partial charge in [0.25, 0.3) is 0 Å². The fourth-order valence-corrected chi connectivity index (χ4v) is 15.0. The minimum Gasteiger partial charge on any atom is -0.309 e. The maximum atomic E-state index is 8.69. The first kappa shape index (κ1) is 49.9. The van der Waals surface area contributed by atoms with Crippen molar-refractivity contribution in [2.24, 2.45) is 0 Å². The fourth-order valence-electron chi connectivity index (χ4n) is 15.0. The first-order chi connectivity index (χ1) is 49.7. The van der Waals surface area contributed by atoms with Crippen molar-refractivity contribution in [3.8, 4) is 67.3 Å². The Labute approximate surface area is 561 Å². The van der Waals surface area contributed by atoms with Gasteiger partial charge in [0.2, 0.25) is 0 Å². The van der Waals surface area contributed by atoms with E-state index < -0.39 is 6.04 Å². The normalized spacial score (nSPS) is 12.5. The summed E-state index contributed by atoms with van der Waals surface area (Å²) in [5.41, 5.74) is 21.6. The third-order valence-electron chi connectivity index (χ3n) is 19.5. The molecular weight excluding hydrogens is 1160 g/mol. The van der Waals surface area contributed by atoms with Crippen LogP contribution in [-0.2, 0) is 0 Å². The molecule has 0 amide bonds. The highest BCUT2D eigenvalue weighted by atomic mass is 15.0. The van der Waals surface area contributed by atoms with Gasteiger partial charge < -0.3 is 18.3 Å². The summed E-state index contributed by atoms with van der Waals surface area (Å²) in [7, 11) is 0. The number of hydrogen-bond donors (Lipinski definition) is 0. The summed E-state index contributed by atoms with van der Waals surface area (Å²) in [6.07, 6.45) is 0. The van der Waals surface area contributed by atoms with Crippen LogP contribution in [0.3, 0.4) is 0 Å². The Morgan fingerprint density at radius 3 is 0.896 bits per heavy atom. The number of benzene rings is 16. The molecule has 96 heavy (non-hydrogen) atoms. The summed E-state index contributed by atoms with van der Waals surface area (Å²) < 4.78 is 51.0. The van der Waals surface area contributed by atoms with E-state index in [0.717, 1.165) is 55.3 Å². The van der Waals surface area contributed by atoms with Crippen LogP contribution in [0.25, 0.3) is 176 Å². The Balaban J connectivity index is 0.000000141. The third kappa shape index (κ3) is 9.14. The summed E-state index contributed by atoms with van der Waals surface area (Å²) in [6, 6.07) is 118. The van der Waals surface area contributed by atoms with E-state index in [-0.39, 0.29) is 29.9 Å². The van der Waals surface area contributed by atoms with E-state index in [1.165, 1.54) is 115 Å². The van der Waals surface area contributed by atoms with Gasteiger partial charge in [-0.3, -0.25) is 0 Å². The Morgan fingerprint density at radius 2 is 0.469 bits per heavy atom. The summed E-state index contributed by atoms with van der Waals surface area (Å²) in [5.74, 6) is 0. The van der Waals surface area contributed by atoms with Gasteiger partial charge in [-0.25, -0.2) is 0 Å². The molecule has 0 unspecified atom stereocenters. The van der Waals surface area contributed by atoms with Gasteiger partial charge in [0.15, 0.2) is 0 Å². The first-order valence-electron chi connectivity index (χ1n) is 35.1. The molecule has 0 fully saturated rings. The molecule has 0 radical (unpaired) electrons. The molecule has 4 heteroatoms. The van der Waals surface area contributed by atoms with E-state index in [1.807, 2.05) is 36.4 Å². The zero-order valence-corrected chi connectivity index (χ0v) is 52.0. The summed E-state index contributed by atoms with van der Waals surface area (Å²) in [4.78, 5) is 0. The van der Waals surface area contributed by atoms with Crippen molar-refractivity contribution in [3.63, 3.8) is 0 Å². The van der Waals surface area contributed by atoms with Crippen LogP contribution in [0.15, 0.2) is 364 Å². The molecule has 4 nitrogen and oxygen atoms in total. The van der Waals surface area contributed by atoms with Gasteiger partial charge in [-0.05, 0) is 181 Å². The highest BCUT2D eigenvalue weighted by Crippen LogP contribution is 2.41. The molecule has 448 valence electrons. The maximum Gasteiger partial charge on any atom is 0.0645 e. The van der Waals surface area contributed by atoms with Gasteiger partial charge in [0.05, 0.1) is 51.0 Å². The van der Waals surface area contributed by atoms with Gasteiger partial charge in [0, 0.05) is 65.8 Å². The van der Waals surface area contributed by atoms with Crippen molar-refractivity contribution in [2.45, 2.75) is 0 Å². The largest absolute Gasteiger partial charge is 0.309 e. The average Bonchev–Trinajstić information content (AvgIpc) is 1.61. The zero-order chi connectivity index (χ0) is 67.6. The van der Waals surface area contributed by atoms with E-state index in [9.17, 15) is 0 Å². The molecule has 0 bridgehead atoms. The average molecular weight is 1230 g/mol. The standard InChI is InChI=1S/2C46H30N2/c1-2-12-37(13-3-1)47-43-16-8-6-14-39(43)41-26-23-36(30-46(41)47)33-20-18-32(19-21-33)35-24-27-45-42(29-35)40-15-7-9-17-44(40)48(45)38-25-22-31-10-4-5-11-34(31)28-38;1-2-12-37(13-3-1)47-43-16-8-6-14-39(43)41-29-35(23-26-45(41)47)32-18-20-33(21-19-32)36-24-27-46-42(30-36)40-15-7-9-17-44(40)48(46)38-25-22-31-10-4-5-11-34(31)28-38/h2*1-30H/i;1D,2D,3D,12D,13D. The maximum absolute atomic E-state index is 8.69. The minimum atomic E-state index is -0.400. The lowest BCUT2D eigenvalue weighted by Crippen LogP contribution is -1.93. The molecule has 0 spiro atoms. The van der Waals surface area contributed by atoms with Gasteiger partial charge in [0.1, 0.15) is 0 Å². The van der Waals surface area contributed by atoms with Crippen molar-refractivity contribution in [1.29, 1.82) is 0 Å². The molecule has 0 atom stereocenters. The summed E-state index contributed by atoms with van der Waals surface area (Å²) in [5, 5.41) is 14.3. The number of aromatic nitrogens is 4. The van der Waals surface area contributed by atoms with Crippen LogP contribution in [0, 0.1) is 0 Å². The highest BCUT2D eigenvalue weighted by molar-refractivity contribution is 6.14. The molecule has 20 aromatic rings. The van der Waals surface area contributed by atoms with Crippen LogP contribution < -0.4 is 0 Å². The number of hydrogen-bond acceptors (Lipinski definition) is 0. The lowest BCUT2D eigenvalue weighted by Gasteiger charge is -2.10. The zero-order valence-electron chi connectivity index (χ0n) is 57.0. The molecule has 0 saturated carbocycles. The van der Waals surface area contributed by atoms with Crippen molar-refractivity contribution in [2.75, 3.05) is 0 Å². The number of rotatable bonds is 8. The van der Waals surface area contributed by atoms with Crippen LogP contribution in [0.4, 0.5) is 0 Å². The van der Waals surface area contributed by atoms with E-state index in [1.54, 1.807) is 4.57 Å². The van der Waals surface area contributed by atoms with Crippen molar-refractivity contribution in [3.05, 3.63) is 364 Å². The van der Waals surface area contributed by atoms with Gasteiger partial charge in [-0.15, -0.1) is 0 Å². The molecule has 0 aliphatic carbocycles. The molecule has 0 aliphatic heterocycles. The van der Waals surface area contributed by atoms with E-state index in [4.69, 9.17) is 6.85 Å². The van der Waals surface area contributed by atoms with Crippen molar-refractivity contribution < 1.29 is 6.85 Å².